The van der Waals surface area contributed by atoms with Gasteiger partial charge in [0.1, 0.15) is 0 Å². The standard InChI is InChI=1S/C6H14O10P2/c7-6(5-16-18(11,12)13)14-3-1-2-4-15-17(8,9)10/h1-5H2,(H2,8,9,10)(H2,11,12,13). The van der Waals surface area contributed by atoms with Gasteiger partial charge in [-0.2, -0.15) is 0 Å². The Hall–Kier alpha value is -0.310. The SMILES string of the molecule is O=C(COP(=O)(O)O)OCCCCOP(=O)(O)O. The van der Waals surface area contributed by atoms with Crippen LogP contribution in [0.1, 0.15) is 12.8 Å². The van der Waals surface area contributed by atoms with Gasteiger partial charge in [0.2, 0.25) is 0 Å². The Morgan fingerprint density at radius 2 is 1.39 bits per heavy atom. The van der Waals surface area contributed by atoms with Crippen molar-refractivity contribution in [2.45, 2.75) is 12.8 Å². The molecule has 0 spiro atoms. The van der Waals surface area contributed by atoms with Gasteiger partial charge in [-0.25, -0.2) is 13.9 Å². The predicted molar refractivity (Wildman–Crippen MR) is 56.2 cm³/mol. The maximum Gasteiger partial charge on any atom is 0.470 e. The zero-order valence-corrected chi connectivity index (χ0v) is 11.0. The van der Waals surface area contributed by atoms with E-state index in [0.29, 0.717) is 0 Å². The molecule has 10 nitrogen and oxygen atoms in total. The number of phosphoric acid groups is 2. The quantitative estimate of drug-likeness (QED) is 0.249. The van der Waals surface area contributed by atoms with Gasteiger partial charge in [-0.05, 0) is 12.8 Å². The van der Waals surface area contributed by atoms with Crippen LogP contribution in [0.3, 0.4) is 0 Å². The normalized spacial score (nSPS) is 12.4. The van der Waals surface area contributed by atoms with Crippen LogP contribution in [-0.4, -0.2) is 45.4 Å². The topological polar surface area (TPSA) is 160 Å². The summed E-state index contributed by atoms with van der Waals surface area (Å²) >= 11 is 0. The molecule has 0 aromatic rings. The van der Waals surface area contributed by atoms with Crippen molar-refractivity contribution in [2.75, 3.05) is 19.8 Å². The van der Waals surface area contributed by atoms with Crippen molar-refractivity contribution in [3.63, 3.8) is 0 Å². The van der Waals surface area contributed by atoms with Crippen molar-refractivity contribution in [3.8, 4) is 0 Å². The Bertz CT molecular complexity index is 342. The molecule has 0 unspecified atom stereocenters. The fourth-order valence-electron chi connectivity index (χ4n) is 0.752. The highest BCUT2D eigenvalue weighted by Crippen LogP contribution is 2.36. The van der Waals surface area contributed by atoms with E-state index in [-0.39, 0.29) is 26.1 Å². The van der Waals surface area contributed by atoms with Gasteiger partial charge in [0.05, 0.1) is 13.2 Å². The fourth-order valence-corrected chi connectivity index (χ4v) is 1.39. The number of carbonyl (C=O) groups is 1. The number of hydrogen-bond donors (Lipinski definition) is 4. The summed E-state index contributed by atoms with van der Waals surface area (Å²) in [5.74, 6) is -0.950. The van der Waals surface area contributed by atoms with Gasteiger partial charge in [0.15, 0.2) is 6.61 Å². The van der Waals surface area contributed by atoms with E-state index in [4.69, 9.17) is 19.6 Å². The van der Waals surface area contributed by atoms with Crippen molar-refractivity contribution in [2.24, 2.45) is 0 Å². The van der Waals surface area contributed by atoms with E-state index in [9.17, 15) is 13.9 Å². The lowest BCUT2D eigenvalue weighted by atomic mass is 10.3. The van der Waals surface area contributed by atoms with Crippen LogP contribution in [0, 0.1) is 0 Å². The molecule has 0 heterocycles. The minimum Gasteiger partial charge on any atom is -0.464 e. The van der Waals surface area contributed by atoms with Crippen LogP contribution in [0.5, 0.6) is 0 Å². The Balaban J connectivity index is 3.47. The first-order valence-electron chi connectivity index (χ1n) is 4.66. The third-order valence-corrected chi connectivity index (χ3v) is 2.40. The summed E-state index contributed by atoms with van der Waals surface area (Å²) in [4.78, 5) is 44.0. The molecule has 0 aromatic heterocycles. The third-order valence-electron chi connectivity index (χ3n) is 1.41. The highest BCUT2D eigenvalue weighted by molar-refractivity contribution is 7.46. The average molecular weight is 308 g/mol. The number of phosphoric ester groups is 2. The molecule has 4 N–H and O–H groups in total. The van der Waals surface area contributed by atoms with Crippen LogP contribution in [0.2, 0.25) is 0 Å². The summed E-state index contributed by atoms with van der Waals surface area (Å²) in [5.41, 5.74) is 0. The molecule has 0 fully saturated rings. The predicted octanol–water partition coefficient (Wildman–Crippen LogP) is -0.472. The molecule has 0 amide bonds. The Morgan fingerprint density at radius 1 is 0.889 bits per heavy atom. The van der Waals surface area contributed by atoms with Crippen molar-refractivity contribution < 1.29 is 47.3 Å². The molecule has 18 heavy (non-hydrogen) atoms. The molecule has 0 aliphatic rings. The first kappa shape index (κ1) is 17.7. The zero-order valence-electron chi connectivity index (χ0n) is 9.17. The monoisotopic (exact) mass is 308 g/mol. The summed E-state index contributed by atoms with van der Waals surface area (Å²) in [6.07, 6.45) is 0.527. The lowest BCUT2D eigenvalue weighted by Crippen LogP contribution is -2.12. The number of rotatable bonds is 9. The van der Waals surface area contributed by atoms with Crippen LogP contribution < -0.4 is 0 Å². The summed E-state index contributed by atoms with van der Waals surface area (Å²) in [6.45, 7) is -1.14. The Morgan fingerprint density at radius 3 is 1.89 bits per heavy atom. The molecule has 0 aliphatic heterocycles. The van der Waals surface area contributed by atoms with Gasteiger partial charge in [-0.3, -0.25) is 9.05 Å². The van der Waals surface area contributed by atoms with Gasteiger partial charge in [0.25, 0.3) is 0 Å². The molecule has 108 valence electrons. The highest BCUT2D eigenvalue weighted by atomic mass is 31.2. The Kier molecular flexibility index (Phi) is 7.84. The van der Waals surface area contributed by atoms with Crippen LogP contribution in [0.25, 0.3) is 0 Å². The van der Waals surface area contributed by atoms with E-state index in [2.05, 4.69) is 13.8 Å². The number of unbranched alkanes of at least 4 members (excludes halogenated alkanes) is 1. The van der Waals surface area contributed by atoms with Crippen molar-refractivity contribution in [3.05, 3.63) is 0 Å². The minimum absolute atomic E-state index is 0.0755. The van der Waals surface area contributed by atoms with Gasteiger partial charge in [-0.1, -0.05) is 0 Å². The molecular weight excluding hydrogens is 294 g/mol. The summed E-state index contributed by atoms with van der Waals surface area (Å²) in [5, 5.41) is 0. The lowest BCUT2D eigenvalue weighted by molar-refractivity contribution is -0.146. The second-order valence-corrected chi connectivity index (χ2v) is 5.49. The van der Waals surface area contributed by atoms with Gasteiger partial charge in [0, 0.05) is 0 Å². The molecule has 0 rings (SSSR count). The van der Waals surface area contributed by atoms with E-state index < -0.39 is 28.2 Å². The van der Waals surface area contributed by atoms with Crippen molar-refractivity contribution in [1.29, 1.82) is 0 Å². The Labute approximate surface area is 102 Å². The largest absolute Gasteiger partial charge is 0.470 e. The van der Waals surface area contributed by atoms with Crippen LogP contribution in [-0.2, 0) is 27.7 Å². The first-order chi connectivity index (χ1) is 8.10. The van der Waals surface area contributed by atoms with Crippen molar-refractivity contribution in [1.82, 2.24) is 0 Å². The second kappa shape index (κ2) is 7.98. The van der Waals surface area contributed by atoms with Gasteiger partial charge < -0.3 is 24.3 Å². The van der Waals surface area contributed by atoms with E-state index in [1.54, 1.807) is 0 Å². The van der Waals surface area contributed by atoms with Crippen molar-refractivity contribution >= 4 is 21.6 Å². The highest BCUT2D eigenvalue weighted by Gasteiger charge is 2.17. The molecule has 0 radical (unpaired) electrons. The molecule has 12 heteroatoms. The summed E-state index contributed by atoms with van der Waals surface area (Å²) < 4.78 is 33.0. The van der Waals surface area contributed by atoms with Crippen LogP contribution in [0.4, 0.5) is 0 Å². The molecule has 0 aliphatic carbocycles. The van der Waals surface area contributed by atoms with Gasteiger partial charge >= 0.3 is 21.6 Å². The minimum atomic E-state index is -4.70. The number of ether oxygens (including phenoxy) is 1. The maximum atomic E-state index is 10.8. The number of hydrogen-bond acceptors (Lipinski definition) is 6. The smallest absolute Gasteiger partial charge is 0.464 e. The van der Waals surface area contributed by atoms with E-state index in [1.165, 1.54) is 0 Å². The van der Waals surface area contributed by atoms with Crippen LogP contribution in [0.15, 0.2) is 0 Å². The van der Waals surface area contributed by atoms with E-state index in [0.717, 1.165) is 0 Å². The third kappa shape index (κ3) is 13.8. The molecular formula is C6H14O10P2. The fraction of sp³-hybridized carbons (Fsp3) is 0.833. The van der Waals surface area contributed by atoms with E-state index in [1.807, 2.05) is 0 Å². The maximum absolute atomic E-state index is 10.8. The summed E-state index contributed by atoms with van der Waals surface area (Å²) in [7, 11) is -9.17. The number of carbonyl (C=O) groups excluding carboxylic acids is 1. The van der Waals surface area contributed by atoms with Crippen LogP contribution >= 0.6 is 15.6 Å². The molecule has 0 saturated carbocycles. The first-order valence-corrected chi connectivity index (χ1v) is 7.72. The molecule has 0 aromatic carbocycles. The zero-order chi connectivity index (χ0) is 14.2. The van der Waals surface area contributed by atoms with Gasteiger partial charge in [-0.15, -0.1) is 0 Å². The van der Waals surface area contributed by atoms with E-state index >= 15 is 0 Å². The molecule has 0 bridgehead atoms. The number of esters is 1. The second-order valence-electron chi connectivity index (χ2n) is 3.02. The average Bonchev–Trinajstić information content (AvgIpc) is 2.17. The summed E-state index contributed by atoms with van der Waals surface area (Å²) in [6, 6.07) is 0. The lowest BCUT2D eigenvalue weighted by Gasteiger charge is -2.07. The molecule has 0 saturated heterocycles. The molecule has 0 atom stereocenters.